The van der Waals surface area contributed by atoms with Crippen LogP contribution in [0.5, 0.6) is 0 Å². The summed E-state index contributed by atoms with van der Waals surface area (Å²) in [6.07, 6.45) is 6.20. The van der Waals surface area contributed by atoms with Crippen molar-refractivity contribution in [3.63, 3.8) is 0 Å². The van der Waals surface area contributed by atoms with Gasteiger partial charge in [0, 0.05) is 35.0 Å². The quantitative estimate of drug-likeness (QED) is 0.372. The molecule has 0 unspecified atom stereocenters. The number of ether oxygens (including phenoxy) is 1. The third kappa shape index (κ3) is 3.40. The summed E-state index contributed by atoms with van der Waals surface area (Å²) in [4.78, 5) is 26.2. The van der Waals surface area contributed by atoms with E-state index in [1.54, 1.807) is 37.1 Å². The number of nitrogens with zero attached hydrogens (tertiary/aromatic N) is 5. The van der Waals surface area contributed by atoms with Crippen LogP contribution in [0.2, 0.25) is 0 Å². The lowest BCUT2D eigenvalue weighted by molar-refractivity contribution is 0.181. The molecule has 7 nitrogen and oxygen atoms in total. The highest BCUT2D eigenvalue weighted by Gasteiger charge is 2.26. The summed E-state index contributed by atoms with van der Waals surface area (Å²) in [7, 11) is 0. The maximum absolute atomic E-state index is 15.0. The van der Waals surface area contributed by atoms with Crippen LogP contribution in [0, 0.1) is 17.7 Å². The minimum atomic E-state index is -0.545. The summed E-state index contributed by atoms with van der Waals surface area (Å²) in [6, 6.07) is 14.2. The molecule has 1 fully saturated rings. The molecule has 6 rings (SSSR count). The Morgan fingerprint density at radius 1 is 0.971 bits per heavy atom. The predicted octanol–water partition coefficient (Wildman–Crippen LogP) is 4.46. The number of anilines is 1. The molecular formula is C26H16FN5O2. The second-order valence-electron chi connectivity index (χ2n) is 7.73. The van der Waals surface area contributed by atoms with Gasteiger partial charge in [-0.2, -0.15) is 0 Å². The van der Waals surface area contributed by atoms with E-state index in [4.69, 9.17) is 4.74 Å². The molecule has 0 atom stereocenters. The number of amides is 1. The smallest absolute Gasteiger partial charge is 0.414 e. The third-order valence-corrected chi connectivity index (χ3v) is 5.65. The number of imidazole rings is 1. The van der Waals surface area contributed by atoms with E-state index in [1.165, 1.54) is 11.0 Å². The Labute approximate surface area is 193 Å². The van der Waals surface area contributed by atoms with Crippen molar-refractivity contribution in [1.29, 1.82) is 0 Å². The Morgan fingerprint density at radius 3 is 2.68 bits per heavy atom. The Kier molecular flexibility index (Phi) is 4.66. The van der Waals surface area contributed by atoms with Gasteiger partial charge in [0.2, 0.25) is 0 Å². The van der Waals surface area contributed by atoms with E-state index in [9.17, 15) is 9.18 Å². The molecule has 2 aromatic carbocycles. The molecule has 3 aromatic heterocycles. The zero-order valence-corrected chi connectivity index (χ0v) is 17.8. The second-order valence-corrected chi connectivity index (χ2v) is 7.73. The topological polar surface area (TPSA) is 73.1 Å². The van der Waals surface area contributed by atoms with Crippen molar-refractivity contribution in [2.45, 2.75) is 0 Å². The largest absolute Gasteiger partial charge is 0.447 e. The van der Waals surface area contributed by atoms with E-state index in [0.717, 1.165) is 27.5 Å². The van der Waals surface area contributed by atoms with Crippen LogP contribution in [0.15, 0.2) is 73.4 Å². The summed E-state index contributed by atoms with van der Waals surface area (Å²) < 4.78 is 21.7. The van der Waals surface area contributed by atoms with E-state index >= 15 is 0 Å². The summed E-state index contributed by atoms with van der Waals surface area (Å²) >= 11 is 0. The van der Waals surface area contributed by atoms with Gasteiger partial charge in [0.15, 0.2) is 0 Å². The summed E-state index contributed by atoms with van der Waals surface area (Å²) in [6.45, 7) is 0.569. The van der Waals surface area contributed by atoms with Gasteiger partial charge in [-0.1, -0.05) is 11.8 Å². The number of cyclic esters (lactones) is 1. The number of aromatic nitrogens is 4. The van der Waals surface area contributed by atoms with Crippen molar-refractivity contribution in [3.05, 3.63) is 90.4 Å². The van der Waals surface area contributed by atoms with Gasteiger partial charge < -0.3 is 4.74 Å². The number of carbonyl (C=O) groups is 1. The fraction of sp³-hybridized carbons (Fsp3) is 0.0769. The van der Waals surface area contributed by atoms with Crippen LogP contribution in [-0.4, -0.2) is 38.8 Å². The average Bonchev–Trinajstić information content (AvgIpc) is 3.49. The predicted molar refractivity (Wildman–Crippen MR) is 125 cm³/mol. The molecule has 0 N–H and O–H groups in total. The molecule has 8 heteroatoms. The van der Waals surface area contributed by atoms with E-state index in [2.05, 4.69) is 26.8 Å². The molecule has 1 aliphatic rings. The van der Waals surface area contributed by atoms with E-state index < -0.39 is 11.9 Å². The minimum Gasteiger partial charge on any atom is -0.447 e. The molecule has 0 saturated carbocycles. The number of hydrogen-bond donors (Lipinski definition) is 0. The second kappa shape index (κ2) is 7.98. The van der Waals surface area contributed by atoms with Crippen molar-refractivity contribution in [3.8, 4) is 17.5 Å². The molecule has 0 aliphatic carbocycles. The van der Waals surface area contributed by atoms with Gasteiger partial charge in [0.05, 0.1) is 35.1 Å². The molecule has 1 aliphatic heterocycles. The number of halogens is 1. The first kappa shape index (κ1) is 19.9. The molecule has 1 amide bonds. The summed E-state index contributed by atoms with van der Waals surface area (Å²) in [5, 5.41) is 0.848. The molecule has 0 spiro atoms. The molecule has 1 saturated heterocycles. The van der Waals surface area contributed by atoms with E-state index in [-0.39, 0.29) is 12.3 Å². The van der Waals surface area contributed by atoms with Crippen LogP contribution in [0.25, 0.3) is 27.6 Å². The van der Waals surface area contributed by atoms with Gasteiger partial charge in [-0.3, -0.25) is 19.4 Å². The van der Waals surface area contributed by atoms with Gasteiger partial charge >= 0.3 is 6.09 Å². The number of rotatable bonds is 2. The van der Waals surface area contributed by atoms with Crippen molar-refractivity contribution >= 4 is 33.7 Å². The molecule has 0 radical (unpaired) electrons. The number of carbonyl (C=O) groups excluding carboxylic acids is 1. The first-order chi connectivity index (χ1) is 16.7. The number of fused-ring (bicyclic) bond motifs is 3. The first-order valence-corrected chi connectivity index (χ1v) is 10.6. The zero-order valence-electron chi connectivity index (χ0n) is 17.8. The molecular weight excluding hydrogens is 433 g/mol. The Hall–Kier alpha value is -4.77. The summed E-state index contributed by atoms with van der Waals surface area (Å²) in [5.74, 6) is 5.76. The van der Waals surface area contributed by atoms with Crippen molar-refractivity contribution in [1.82, 2.24) is 19.5 Å². The molecule has 4 heterocycles. The number of pyridine rings is 2. The van der Waals surface area contributed by atoms with Crippen LogP contribution in [0.1, 0.15) is 11.1 Å². The Morgan fingerprint density at radius 2 is 1.88 bits per heavy atom. The number of hydrogen-bond acceptors (Lipinski definition) is 5. The maximum atomic E-state index is 15.0. The highest BCUT2D eigenvalue weighted by atomic mass is 19.1. The van der Waals surface area contributed by atoms with Crippen molar-refractivity contribution in [2.75, 3.05) is 18.1 Å². The van der Waals surface area contributed by atoms with Crippen LogP contribution in [0.3, 0.4) is 0 Å². The lowest BCUT2D eigenvalue weighted by Gasteiger charge is -2.15. The zero-order chi connectivity index (χ0) is 23.1. The minimum absolute atomic E-state index is 0.190. The molecule has 5 aromatic rings. The van der Waals surface area contributed by atoms with Crippen LogP contribution < -0.4 is 4.90 Å². The van der Waals surface area contributed by atoms with Crippen LogP contribution in [-0.2, 0) is 4.74 Å². The number of benzene rings is 2. The van der Waals surface area contributed by atoms with E-state index in [0.29, 0.717) is 17.7 Å². The van der Waals surface area contributed by atoms with Crippen molar-refractivity contribution < 1.29 is 13.9 Å². The normalized spacial score (nSPS) is 13.2. The molecule has 0 bridgehead atoms. The summed E-state index contributed by atoms with van der Waals surface area (Å²) in [5.41, 5.74) is 4.65. The highest BCUT2D eigenvalue weighted by Crippen LogP contribution is 2.29. The van der Waals surface area contributed by atoms with Gasteiger partial charge in [-0.25, -0.2) is 14.2 Å². The lowest BCUT2D eigenvalue weighted by Crippen LogP contribution is -2.24. The molecule has 164 valence electrons. The first-order valence-electron chi connectivity index (χ1n) is 10.6. The standard InChI is InChI=1S/C26H16FN5O2/c27-21-13-19(6-8-24(21)31-10-11-34-26(31)33)32-16-30-23-15-29-22-7-5-17(12-20(22)25(23)32)3-4-18-2-1-9-28-14-18/h1-2,5-9,12-16H,10-11H2. The monoisotopic (exact) mass is 449 g/mol. The Balaban J connectivity index is 1.46. The van der Waals surface area contributed by atoms with E-state index in [1.807, 2.05) is 34.9 Å². The Bertz CT molecular complexity index is 1640. The van der Waals surface area contributed by atoms with Gasteiger partial charge in [0.25, 0.3) is 0 Å². The molecule has 34 heavy (non-hydrogen) atoms. The van der Waals surface area contributed by atoms with Gasteiger partial charge in [-0.05, 0) is 42.5 Å². The van der Waals surface area contributed by atoms with Crippen LogP contribution in [0.4, 0.5) is 14.9 Å². The fourth-order valence-corrected chi connectivity index (χ4v) is 4.02. The van der Waals surface area contributed by atoms with Crippen molar-refractivity contribution in [2.24, 2.45) is 0 Å². The highest BCUT2D eigenvalue weighted by molar-refractivity contribution is 6.03. The third-order valence-electron chi connectivity index (χ3n) is 5.65. The average molecular weight is 449 g/mol. The lowest BCUT2D eigenvalue weighted by atomic mass is 10.1. The fourth-order valence-electron chi connectivity index (χ4n) is 4.02. The van der Waals surface area contributed by atoms with Gasteiger partial charge in [-0.15, -0.1) is 0 Å². The SMILES string of the molecule is O=C1OCCN1c1ccc(-n2cnc3cnc4ccc(C#Cc5cccnc5)cc4c32)cc1F. The van der Waals surface area contributed by atoms with Gasteiger partial charge in [0.1, 0.15) is 24.3 Å². The maximum Gasteiger partial charge on any atom is 0.414 e. The van der Waals surface area contributed by atoms with Crippen LogP contribution >= 0.6 is 0 Å².